The van der Waals surface area contributed by atoms with Crippen LogP contribution in [-0.4, -0.2) is 6.04 Å². The van der Waals surface area contributed by atoms with Gasteiger partial charge in [-0.05, 0) is 43.5 Å². The van der Waals surface area contributed by atoms with Crippen molar-refractivity contribution in [1.82, 2.24) is 5.43 Å². The number of para-hydroxylation sites is 2. The molecule has 3 heteroatoms. The molecule has 2 aromatic carbocycles. The van der Waals surface area contributed by atoms with Gasteiger partial charge in [0.25, 0.3) is 0 Å². The number of rotatable bonds is 5. The Morgan fingerprint density at radius 3 is 2.27 bits per heavy atom. The lowest BCUT2D eigenvalue weighted by molar-refractivity contribution is 0.370. The Morgan fingerprint density at radius 1 is 0.864 bits per heavy atom. The third-order valence-corrected chi connectivity index (χ3v) is 4.29. The standard InChI is InChI=1S/C19H25N3/c1-16-10-8-9-15-19(16)22(20-17-11-4-2-5-12-17)21-18-13-6-3-7-14-18/h2,4-5,8-12,15,18,20-21H,3,6-7,13-14H2,1H3. The van der Waals surface area contributed by atoms with E-state index >= 15 is 0 Å². The van der Waals surface area contributed by atoms with E-state index in [1.807, 2.05) is 6.07 Å². The van der Waals surface area contributed by atoms with Gasteiger partial charge in [0.2, 0.25) is 0 Å². The first-order chi connectivity index (χ1) is 10.8. The van der Waals surface area contributed by atoms with Crippen LogP contribution in [0.25, 0.3) is 0 Å². The van der Waals surface area contributed by atoms with Gasteiger partial charge in [-0.25, -0.2) is 10.5 Å². The number of anilines is 2. The summed E-state index contributed by atoms with van der Waals surface area (Å²) in [7, 11) is 0. The summed E-state index contributed by atoms with van der Waals surface area (Å²) in [5.74, 6) is 0. The Balaban J connectivity index is 1.80. The molecule has 1 aliphatic carbocycles. The van der Waals surface area contributed by atoms with Crippen LogP contribution in [0.1, 0.15) is 37.7 Å². The quantitative estimate of drug-likeness (QED) is 0.785. The Hall–Kier alpha value is -2.00. The topological polar surface area (TPSA) is 27.3 Å². The smallest absolute Gasteiger partial charge is 0.0785 e. The molecule has 22 heavy (non-hydrogen) atoms. The molecule has 1 aliphatic rings. The van der Waals surface area contributed by atoms with Crippen LogP contribution in [0.2, 0.25) is 0 Å². The second-order valence-corrected chi connectivity index (χ2v) is 6.06. The highest BCUT2D eigenvalue weighted by atomic mass is 15.7. The van der Waals surface area contributed by atoms with Crippen molar-refractivity contribution in [2.45, 2.75) is 45.1 Å². The average molecular weight is 295 g/mol. The Kier molecular flexibility index (Phi) is 4.96. The molecule has 0 aliphatic heterocycles. The predicted octanol–water partition coefficient (Wildman–Crippen LogP) is 4.67. The molecule has 116 valence electrons. The fraction of sp³-hybridized carbons (Fsp3) is 0.368. The van der Waals surface area contributed by atoms with Gasteiger partial charge in [-0.15, -0.1) is 0 Å². The average Bonchev–Trinajstić information content (AvgIpc) is 2.57. The van der Waals surface area contributed by atoms with Crippen LogP contribution in [0.3, 0.4) is 0 Å². The van der Waals surface area contributed by atoms with Crippen LogP contribution in [0.15, 0.2) is 54.6 Å². The monoisotopic (exact) mass is 295 g/mol. The molecule has 2 aromatic rings. The minimum absolute atomic E-state index is 0.546. The predicted molar refractivity (Wildman–Crippen MR) is 93.7 cm³/mol. The van der Waals surface area contributed by atoms with Crippen molar-refractivity contribution in [2.75, 3.05) is 10.5 Å². The van der Waals surface area contributed by atoms with Crippen LogP contribution >= 0.6 is 0 Å². The highest BCUT2D eigenvalue weighted by Crippen LogP contribution is 2.23. The molecule has 0 radical (unpaired) electrons. The fourth-order valence-corrected chi connectivity index (χ4v) is 3.03. The number of aryl methyl sites for hydroxylation is 1. The maximum atomic E-state index is 3.68. The minimum Gasteiger partial charge on any atom is -0.284 e. The summed E-state index contributed by atoms with van der Waals surface area (Å²) in [6, 6.07) is 19.4. The van der Waals surface area contributed by atoms with E-state index in [0.717, 1.165) is 5.69 Å². The van der Waals surface area contributed by atoms with Crippen molar-refractivity contribution in [1.29, 1.82) is 0 Å². The molecular formula is C19H25N3. The lowest BCUT2D eigenvalue weighted by Gasteiger charge is -2.34. The van der Waals surface area contributed by atoms with Gasteiger partial charge in [0.15, 0.2) is 0 Å². The lowest BCUT2D eigenvalue weighted by atomic mass is 9.96. The summed E-state index contributed by atoms with van der Waals surface area (Å²) in [6.45, 7) is 2.15. The number of hydrogen-bond acceptors (Lipinski definition) is 3. The summed E-state index contributed by atoms with van der Waals surface area (Å²) < 4.78 is 0. The zero-order valence-corrected chi connectivity index (χ0v) is 13.3. The van der Waals surface area contributed by atoms with Gasteiger partial charge in [0.05, 0.1) is 11.4 Å². The normalized spacial score (nSPS) is 15.5. The molecule has 0 aromatic heterocycles. The largest absolute Gasteiger partial charge is 0.284 e. The molecule has 0 amide bonds. The third kappa shape index (κ3) is 3.80. The van der Waals surface area contributed by atoms with Crippen molar-refractivity contribution in [3.8, 4) is 0 Å². The summed E-state index contributed by atoms with van der Waals surface area (Å²) in [5.41, 5.74) is 10.7. The van der Waals surface area contributed by atoms with Crippen LogP contribution in [0.5, 0.6) is 0 Å². The highest BCUT2D eigenvalue weighted by molar-refractivity contribution is 5.57. The minimum atomic E-state index is 0.546. The molecule has 3 rings (SSSR count). The van der Waals surface area contributed by atoms with E-state index in [9.17, 15) is 0 Å². The molecule has 0 spiro atoms. The number of hydrazine groups is 2. The second kappa shape index (κ2) is 7.32. The van der Waals surface area contributed by atoms with Crippen molar-refractivity contribution in [3.63, 3.8) is 0 Å². The lowest BCUT2D eigenvalue weighted by Crippen LogP contribution is -2.49. The molecule has 2 N–H and O–H groups in total. The van der Waals surface area contributed by atoms with E-state index in [0.29, 0.717) is 6.04 Å². The van der Waals surface area contributed by atoms with Crippen LogP contribution < -0.4 is 16.0 Å². The molecule has 1 saturated carbocycles. The van der Waals surface area contributed by atoms with Gasteiger partial charge < -0.3 is 0 Å². The van der Waals surface area contributed by atoms with Gasteiger partial charge in [-0.3, -0.25) is 5.43 Å². The van der Waals surface area contributed by atoms with Gasteiger partial charge in [0, 0.05) is 6.04 Å². The van der Waals surface area contributed by atoms with Gasteiger partial charge >= 0.3 is 0 Å². The van der Waals surface area contributed by atoms with E-state index in [1.165, 1.54) is 43.4 Å². The number of benzene rings is 2. The summed E-state index contributed by atoms with van der Waals surface area (Å²) in [5, 5.41) is 2.10. The van der Waals surface area contributed by atoms with E-state index in [2.05, 4.69) is 71.4 Å². The molecular weight excluding hydrogens is 270 g/mol. The molecule has 0 heterocycles. The first-order valence-electron chi connectivity index (χ1n) is 8.26. The summed E-state index contributed by atoms with van der Waals surface area (Å²) in [4.78, 5) is 0. The number of hydrogen-bond donors (Lipinski definition) is 2. The van der Waals surface area contributed by atoms with Crippen LogP contribution in [0, 0.1) is 6.92 Å². The highest BCUT2D eigenvalue weighted by Gasteiger charge is 2.18. The Labute approximate surface area is 133 Å². The van der Waals surface area contributed by atoms with Gasteiger partial charge in [-0.1, -0.05) is 55.7 Å². The first kappa shape index (κ1) is 14.9. The maximum absolute atomic E-state index is 3.68. The molecule has 0 atom stereocenters. The number of nitrogens with one attached hydrogen (secondary N) is 2. The molecule has 0 bridgehead atoms. The molecule has 1 fully saturated rings. The third-order valence-electron chi connectivity index (χ3n) is 4.29. The number of nitrogens with zero attached hydrogens (tertiary/aromatic N) is 1. The zero-order chi connectivity index (χ0) is 15.2. The van der Waals surface area contributed by atoms with E-state index < -0.39 is 0 Å². The Bertz CT molecular complexity index is 576. The SMILES string of the molecule is Cc1ccccc1N(Nc1ccccc1)NC1CCCCC1. The summed E-state index contributed by atoms with van der Waals surface area (Å²) in [6.07, 6.45) is 6.52. The van der Waals surface area contributed by atoms with Crippen molar-refractivity contribution >= 4 is 11.4 Å². The summed E-state index contributed by atoms with van der Waals surface area (Å²) >= 11 is 0. The van der Waals surface area contributed by atoms with Crippen molar-refractivity contribution in [3.05, 3.63) is 60.2 Å². The zero-order valence-electron chi connectivity index (χ0n) is 13.3. The molecule has 3 nitrogen and oxygen atoms in total. The first-order valence-corrected chi connectivity index (χ1v) is 8.26. The fourth-order valence-electron chi connectivity index (χ4n) is 3.03. The second-order valence-electron chi connectivity index (χ2n) is 6.06. The van der Waals surface area contributed by atoms with E-state index in [1.54, 1.807) is 0 Å². The van der Waals surface area contributed by atoms with E-state index in [4.69, 9.17) is 0 Å². The molecule has 0 saturated heterocycles. The van der Waals surface area contributed by atoms with Crippen LogP contribution in [-0.2, 0) is 0 Å². The van der Waals surface area contributed by atoms with Crippen molar-refractivity contribution < 1.29 is 0 Å². The van der Waals surface area contributed by atoms with Gasteiger partial charge in [0.1, 0.15) is 0 Å². The van der Waals surface area contributed by atoms with E-state index in [-0.39, 0.29) is 0 Å². The maximum Gasteiger partial charge on any atom is 0.0785 e. The Morgan fingerprint density at radius 2 is 1.55 bits per heavy atom. The van der Waals surface area contributed by atoms with Gasteiger partial charge in [-0.2, -0.15) is 0 Å². The van der Waals surface area contributed by atoms with Crippen molar-refractivity contribution in [2.24, 2.45) is 0 Å². The van der Waals surface area contributed by atoms with Crippen LogP contribution in [0.4, 0.5) is 11.4 Å². The molecule has 0 unspecified atom stereocenters.